The minimum Gasteiger partial charge on any atom is -0.506 e. The van der Waals surface area contributed by atoms with Gasteiger partial charge in [-0.2, -0.15) is 0 Å². The number of H-pyrrole nitrogens is 1. The Bertz CT molecular complexity index is 1990. The molecule has 0 spiro atoms. The number of phenolic OH excluding ortho intramolecular Hbond substituents is 1. The fraction of sp³-hybridized carbons (Fsp3) is 0.308. The number of phenols is 1. The van der Waals surface area contributed by atoms with Gasteiger partial charge in [0.1, 0.15) is 23.1 Å². The Balaban J connectivity index is 0.870. The largest absolute Gasteiger partial charge is 0.506 e. The van der Waals surface area contributed by atoms with Gasteiger partial charge in [-0.15, -0.1) is 0 Å². The number of hydrogen-bond acceptors (Lipinski definition) is 9. The van der Waals surface area contributed by atoms with Gasteiger partial charge in [-0.05, 0) is 66.8 Å². The number of carbonyl (C=O) groups excluding carboxylic acids is 2. The van der Waals surface area contributed by atoms with Crippen LogP contribution in [0.25, 0.3) is 21.3 Å². The van der Waals surface area contributed by atoms with Crippen LogP contribution in [0.1, 0.15) is 24.0 Å². The van der Waals surface area contributed by atoms with Crippen LogP contribution >= 0.6 is 11.3 Å². The molecule has 4 N–H and O–H groups in total. The van der Waals surface area contributed by atoms with Gasteiger partial charge in [-0.3, -0.25) is 14.9 Å². The highest BCUT2D eigenvalue weighted by Crippen LogP contribution is 2.29. The van der Waals surface area contributed by atoms with Crippen LogP contribution in [-0.2, 0) is 22.5 Å². The van der Waals surface area contributed by atoms with Crippen molar-refractivity contribution in [3.05, 3.63) is 112 Å². The third kappa shape index (κ3) is 9.75. The van der Waals surface area contributed by atoms with E-state index in [0.29, 0.717) is 43.0 Å². The average Bonchev–Trinajstić information content (AvgIpc) is 3.56. The van der Waals surface area contributed by atoms with Crippen molar-refractivity contribution in [1.82, 2.24) is 20.1 Å². The monoisotopic (exact) mass is 709 g/mol. The van der Waals surface area contributed by atoms with Crippen molar-refractivity contribution in [2.45, 2.75) is 31.9 Å². The number of thiazole rings is 1. The predicted octanol–water partition coefficient (Wildman–Crippen LogP) is 5.84. The zero-order valence-corrected chi connectivity index (χ0v) is 29.4. The van der Waals surface area contributed by atoms with Gasteiger partial charge in [0.15, 0.2) is 6.61 Å². The number of para-hydroxylation sites is 1. The van der Waals surface area contributed by atoms with Gasteiger partial charge in [0, 0.05) is 45.3 Å². The van der Waals surface area contributed by atoms with Crippen LogP contribution in [0.2, 0.25) is 0 Å². The smallest absolute Gasteiger partial charge is 0.411 e. The molecule has 0 bridgehead atoms. The second-order valence-corrected chi connectivity index (χ2v) is 13.6. The summed E-state index contributed by atoms with van der Waals surface area (Å²) in [6, 6.07) is 28.7. The third-order valence-corrected chi connectivity index (χ3v) is 9.99. The number of nitrogens with one attached hydrogen (secondary N) is 3. The van der Waals surface area contributed by atoms with E-state index in [0.717, 1.165) is 70.8 Å². The molecule has 12 heteroatoms. The number of ether oxygens (including phenoxy) is 2. The van der Waals surface area contributed by atoms with Gasteiger partial charge < -0.3 is 34.7 Å². The minimum atomic E-state index is -0.450. The second kappa shape index (κ2) is 17.2. The lowest BCUT2D eigenvalue weighted by Crippen LogP contribution is -2.43. The standard InChI is InChI=1S/C39H43N5O6S/c1-43(22-23-44-20-17-30(18-21-44)50-38(47)41-33-13-6-5-12-32(33)28-9-3-2-4-10-28)35(46)26-49-31-11-7-8-27(24-31)25-40-19-16-29-14-15-34(45)36-37(29)51-39(48)42-36/h2-15,24,30,40,45H,16-23,25-26H2,1H3,(H,41,47)(H,42,48). The SMILES string of the molecule is CN(CCN1CCC(OC(=O)Nc2ccccc2-c2ccccc2)CC1)C(=O)COc1cccc(CNCCc2ccc(O)c3[nH]c(=O)sc23)c1. The third-order valence-electron chi connectivity index (χ3n) is 9.03. The Morgan fingerprint density at radius 1 is 1.00 bits per heavy atom. The van der Waals surface area contributed by atoms with E-state index in [4.69, 9.17) is 9.47 Å². The van der Waals surface area contributed by atoms with E-state index in [1.165, 1.54) is 0 Å². The number of amides is 2. The first-order chi connectivity index (χ1) is 24.8. The maximum Gasteiger partial charge on any atom is 0.411 e. The first kappa shape index (κ1) is 35.6. The van der Waals surface area contributed by atoms with Gasteiger partial charge in [-0.1, -0.05) is 78.1 Å². The van der Waals surface area contributed by atoms with E-state index in [2.05, 4.69) is 20.5 Å². The normalized spacial score (nSPS) is 13.6. The van der Waals surface area contributed by atoms with Crippen LogP contribution in [-0.4, -0.2) is 84.4 Å². The molecule has 2 heterocycles. The van der Waals surface area contributed by atoms with Crippen molar-refractivity contribution in [3.8, 4) is 22.6 Å². The van der Waals surface area contributed by atoms with Crippen LogP contribution in [0, 0.1) is 0 Å². The molecule has 1 aliphatic rings. The zero-order chi connectivity index (χ0) is 35.6. The quantitative estimate of drug-likeness (QED) is 0.106. The van der Waals surface area contributed by atoms with E-state index >= 15 is 0 Å². The molecule has 0 aliphatic carbocycles. The molecule has 11 nitrogen and oxygen atoms in total. The molecular formula is C39H43N5O6S. The molecular weight excluding hydrogens is 667 g/mol. The number of nitrogens with zero attached hydrogens (tertiary/aromatic N) is 2. The maximum absolute atomic E-state index is 12.8. The Labute approximate surface area is 300 Å². The number of benzene rings is 4. The number of rotatable bonds is 14. The Morgan fingerprint density at radius 3 is 2.61 bits per heavy atom. The lowest BCUT2D eigenvalue weighted by atomic mass is 10.0. The highest BCUT2D eigenvalue weighted by atomic mass is 32.1. The molecule has 1 saturated heterocycles. The minimum absolute atomic E-state index is 0.0534. The average molecular weight is 710 g/mol. The molecule has 1 fully saturated rings. The van der Waals surface area contributed by atoms with Crippen molar-refractivity contribution in [2.24, 2.45) is 0 Å². The molecule has 0 unspecified atom stereocenters. The summed E-state index contributed by atoms with van der Waals surface area (Å²) < 4.78 is 12.4. The molecule has 6 rings (SSSR count). The van der Waals surface area contributed by atoms with Crippen molar-refractivity contribution in [2.75, 3.05) is 51.7 Å². The van der Waals surface area contributed by atoms with E-state index in [9.17, 15) is 19.5 Å². The molecule has 51 heavy (non-hydrogen) atoms. The summed E-state index contributed by atoms with van der Waals surface area (Å²) in [5.74, 6) is 0.605. The Kier molecular flexibility index (Phi) is 12.0. The molecule has 0 radical (unpaired) electrons. The lowest BCUT2D eigenvalue weighted by Gasteiger charge is -2.32. The highest BCUT2D eigenvalue weighted by molar-refractivity contribution is 7.16. The second-order valence-electron chi connectivity index (χ2n) is 12.6. The summed E-state index contributed by atoms with van der Waals surface area (Å²) in [6.07, 6.45) is 1.56. The van der Waals surface area contributed by atoms with E-state index in [-0.39, 0.29) is 29.2 Å². The highest BCUT2D eigenvalue weighted by Gasteiger charge is 2.23. The van der Waals surface area contributed by atoms with Gasteiger partial charge in [0.2, 0.25) is 0 Å². The predicted molar refractivity (Wildman–Crippen MR) is 201 cm³/mol. The van der Waals surface area contributed by atoms with Crippen LogP contribution in [0.3, 0.4) is 0 Å². The molecule has 4 aromatic carbocycles. The number of likely N-dealkylation sites (N-methyl/N-ethyl adjacent to an activating group) is 1. The van der Waals surface area contributed by atoms with E-state index in [1.807, 2.05) is 84.9 Å². The number of aromatic amines is 1. The Hall–Kier alpha value is -5.17. The van der Waals surface area contributed by atoms with Crippen LogP contribution in [0.15, 0.2) is 95.8 Å². The van der Waals surface area contributed by atoms with E-state index < -0.39 is 6.09 Å². The van der Waals surface area contributed by atoms with Gasteiger partial charge in [-0.25, -0.2) is 4.79 Å². The number of carbonyl (C=O) groups is 2. The molecule has 5 aromatic rings. The van der Waals surface area contributed by atoms with Crippen molar-refractivity contribution in [1.29, 1.82) is 0 Å². The first-order valence-corrected chi connectivity index (χ1v) is 18.0. The topological polar surface area (TPSA) is 136 Å². The maximum atomic E-state index is 12.8. The van der Waals surface area contributed by atoms with Crippen LogP contribution in [0.5, 0.6) is 11.5 Å². The summed E-state index contributed by atoms with van der Waals surface area (Å²) >= 11 is 1.10. The van der Waals surface area contributed by atoms with Gasteiger partial charge >= 0.3 is 11.0 Å². The molecule has 0 saturated carbocycles. The number of likely N-dealkylation sites (tertiary alicyclic amines) is 1. The molecule has 2 amide bonds. The summed E-state index contributed by atoms with van der Waals surface area (Å²) in [5.41, 5.74) is 5.19. The van der Waals surface area contributed by atoms with Crippen molar-refractivity contribution >= 4 is 39.2 Å². The molecule has 0 atom stereocenters. The first-order valence-electron chi connectivity index (χ1n) is 17.2. The van der Waals surface area contributed by atoms with Crippen LogP contribution < -0.4 is 20.2 Å². The summed E-state index contributed by atoms with van der Waals surface area (Å²) in [4.78, 5) is 43.8. The molecule has 1 aliphatic heterocycles. The van der Waals surface area contributed by atoms with Gasteiger partial charge in [0.25, 0.3) is 5.91 Å². The lowest BCUT2D eigenvalue weighted by molar-refractivity contribution is -0.132. The summed E-state index contributed by atoms with van der Waals surface area (Å²) in [7, 11) is 1.79. The van der Waals surface area contributed by atoms with Crippen molar-refractivity contribution < 1.29 is 24.2 Å². The molecule has 266 valence electrons. The summed E-state index contributed by atoms with van der Waals surface area (Å²) in [6.45, 7) is 4.11. The number of piperidine rings is 1. The summed E-state index contributed by atoms with van der Waals surface area (Å²) in [5, 5.41) is 16.3. The fourth-order valence-corrected chi connectivity index (χ4v) is 7.04. The number of aromatic nitrogens is 1. The number of hydrogen-bond donors (Lipinski definition) is 4. The van der Waals surface area contributed by atoms with Gasteiger partial charge in [0.05, 0.1) is 10.4 Å². The fourth-order valence-electron chi connectivity index (χ4n) is 6.15. The number of anilines is 1. The zero-order valence-electron chi connectivity index (χ0n) is 28.6. The van der Waals surface area contributed by atoms with E-state index in [1.54, 1.807) is 18.0 Å². The number of aromatic hydroxyl groups is 1. The van der Waals surface area contributed by atoms with Crippen LogP contribution in [0.4, 0.5) is 10.5 Å². The Morgan fingerprint density at radius 2 is 1.78 bits per heavy atom. The number of fused-ring (bicyclic) bond motifs is 1. The van der Waals surface area contributed by atoms with Crippen molar-refractivity contribution in [3.63, 3.8) is 0 Å². The molecule has 1 aromatic heterocycles.